The van der Waals surface area contributed by atoms with Crippen LogP contribution >= 0.6 is 0 Å². The van der Waals surface area contributed by atoms with Crippen LogP contribution < -0.4 is 0 Å². The zero-order chi connectivity index (χ0) is 13.0. The topological polar surface area (TPSA) is 46.6 Å². The highest BCUT2D eigenvalue weighted by Crippen LogP contribution is 2.28. The van der Waals surface area contributed by atoms with Crippen LogP contribution in [0.15, 0.2) is 0 Å². The molecule has 1 saturated heterocycles. The Bertz CT molecular complexity index is 308. The van der Waals surface area contributed by atoms with E-state index >= 15 is 0 Å². The lowest BCUT2D eigenvalue weighted by atomic mass is 9.96. The molecule has 0 aromatic rings. The second-order valence-electron chi connectivity index (χ2n) is 5.47. The van der Waals surface area contributed by atoms with Crippen LogP contribution in [0.2, 0.25) is 0 Å². The first-order chi connectivity index (χ1) is 8.72. The molecular formula is C14H23NO3. The van der Waals surface area contributed by atoms with Gasteiger partial charge in [-0.05, 0) is 12.8 Å². The Morgan fingerprint density at radius 1 is 1.17 bits per heavy atom. The average Bonchev–Trinajstić information content (AvgIpc) is 2.70. The third-order valence-corrected chi connectivity index (χ3v) is 4.21. The van der Waals surface area contributed by atoms with Crippen LogP contribution in [0.3, 0.4) is 0 Å². The van der Waals surface area contributed by atoms with E-state index in [1.54, 1.807) is 0 Å². The minimum absolute atomic E-state index is 0.135. The summed E-state index contributed by atoms with van der Waals surface area (Å²) in [5.41, 5.74) is 0. The van der Waals surface area contributed by atoms with Crippen molar-refractivity contribution in [2.45, 2.75) is 57.4 Å². The van der Waals surface area contributed by atoms with E-state index in [1.165, 1.54) is 39.2 Å². The van der Waals surface area contributed by atoms with E-state index in [1.807, 2.05) is 4.90 Å². The normalized spacial score (nSPS) is 26.8. The van der Waals surface area contributed by atoms with Gasteiger partial charge < -0.3 is 9.64 Å². The number of carbonyl (C=O) groups is 2. The summed E-state index contributed by atoms with van der Waals surface area (Å²) in [4.78, 5) is 25.5. The van der Waals surface area contributed by atoms with E-state index in [0.29, 0.717) is 19.0 Å². The Morgan fingerprint density at radius 3 is 2.39 bits per heavy atom. The fourth-order valence-electron chi connectivity index (χ4n) is 3.16. The monoisotopic (exact) mass is 253 g/mol. The van der Waals surface area contributed by atoms with Crippen molar-refractivity contribution in [3.05, 3.63) is 0 Å². The SMILES string of the molecule is COC(=O)C1CC(=O)N(C2CCCCCCC2)C1. The van der Waals surface area contributed by atoms with E-state index in [4.69, 9.17) is 4.74 Å². The molecule has 1 aliphatic heterocycles. The lowest BCUT2D eigenvalue weighted by Gasteiger charge is -2.29. The minimum atomic E-state index is -0.243. The van der Waals surface area contributed by atoms with E-state index in [9.17, 15) is 9.59 Å². The molecule has 1 aliphatic carbocycles. The van der Waals surface area contributed by atoms with Gasteiger partial charge in [0.15, 0.2) is 0 Å². The number of hydrogen-bond acceptors (Lipinski definition) is 3. The highest BCUT2D eigenvalue weighted by atomic mass is 16.5. The van der Waals surface area contributed by atoms with E-state index in [0.717, 1.165) is 12.8 Å². The molecule has 0 bridgehead atoms. The number of ether oxygens (including phenoxy) is 1. The van der Waals surface area contributed by atoms with E-state index in [-0.39, 0.29) is 17.8 Å². The second-order valence-corrected chi connectivity index (χ2v) is 5.47. The Balaban J connectivity index is 1.95. The standard InChI is InChI=1S/C14H23NO3/c1-18-14(17)11-9-13(16)15(10-11)12-7-5-3-2-4-6-8-12/h11-12H,2-10H2,1H3. The van der Waals surface area contributed by atoms with Crippen LogP contribution in [-0.2, 0) is 14.3 Å². The summed E-state index contributed by atoms with van der Waals surface area (Å²) < 4.78 is 4.74. The summed E-state index contributed by atoms with van der Waals surface area (Å²) >= 11 is 0. The molecule has 0 aromatic heterocycles. The zero-order valence-corrected chi connectivity index (χ0v) is 11.2. The van der Waals surface area contributed by atoms with Crippen LogP contribution in [0.5, 0.6) is 0 Å². The third-order valence-electron chi connectivity index (χ3n) is 4.21. The zero-order valence-electron chi connectivity index (χ0n) is 11.2. The second kappa shape index (κ2) is 6.21. The maximum Gasteiger partial charge on any atom is 0.310 e. The number of hydrogen-bond donors (Lipinski definition) is 0. The van der Waals surface area contributed by atoms with Crippen molar-refractivity contribution < 1.29 is 14.3 Å². The van der Waals surface area contributed by atoms with Gasteiger partial charge in [0.05, 0.1) is 13.0 Å². The van der Waals surface area contributed by atoms with Gasteiger partial charge in [0, 0.05) is 19.0 Å². The average molecular weight is 253 g/mol. The van der Waals surface area contributed by atoms with Crippen molar-refractivity contribution in [1.29, 1.82) is 0 Å². The van der Waals surface area contributed by atoms with Gasteiger partial charge >= 0.3 is 5.97 Å². The van der Waals surface area contributed by atoms with Crippen LogP contribution in [-0.4, -0.2) is 36.5 Å². The van der Waals surface area contributed by atoms with Gasteiger partial charge in [-0.25, -0.2) is 0 Å². The summed E-state index contributed by atoms with van der Waals surface area (Å²) in [6, 6.07) is 0.354. The number of rotatable bonds is 2. The molecule has 2 rings (SSSR count). The van der Waals surface area contributed by atoms with Gasteiger partial charge in [0.25, 0.3) is 0 Å². The molecule has 0 radical (unpaired) electrons. The predicted octanol–water partition coefficient (Wildman–Crippen LogP) is 2.12. The van der Waals surface area contributed by atoms with Crippen LogP contribution in [0.4, 0.5) is 0 Å². The highest BCUT2D eigenvalue weighted by Gasteiger charge is 2.38. The van der Waals surface area contributed by atoms with Crippen LogP contribution in [0.25, 0.3) is 0 Å². The predicted molar refractivity (Wildman–Crippen MR) is 67.9 cm³/mol. The van der Waals surface area contributed by atoms with Crippen LogP contribution in [0.1, 0.15) is 51.4 Å². The summed E-state index contributed by atoms with van der Waals surface area (Å²) in [5.74, 6) is -0.347. The Morgan fingerprint density at radius 2 is 1.78 bits per heavy atom. The first-order valence-electron chi connectivity index (χ1n) is 7.09. The first kappa shape index (κ1) is 13.4. The molecule has 1 heterocycles. The minimum Gasteiger partial charge on any atom is -0.469 e. The summed E-state index contributed by atoms with van der Waals surface area (Å²) in [6.45, 7) is 0.566. The molecule has 1 amide bonds. The van der Waals surface area contributed by atoms with Crippen molar-refractivity contribution in [2.24, 2.45) is 5.92 Å². The van der Waals surface area contributed by atoms with Gasteiger partial charge in [-0.15, -0.1) is 0 Å². The fourth-order valence-corrected chi connectivity index (χ4v) is 3.16. The molecule has 1 saturated carbocycles. The van der Waals surface area contributed by atoms with Gasteiger partial charge in [-0.2, -0.15) is 0 Å². The number of esters is 1. The molecule has 102 valence electrons. The first-order valence-corrected chi connectivity index (χ1v) is 7.09. The Labute approximate surface area is 109 Å². The molecule has 2 aliphatic rings. The summed E-state index contributed by atoms with van der Waals surface area (Å²) in [5, 5.41) is 0. The Kier molecular flexibility index (Phi) is 4.61. The maximum absolute atomic E-state index is 12.0. The number of likely N-dealkylation sites (tertiary alicyclic amines) is 1. The maximum atomic E-state index is 12.0. The molecule has 1 unspecified atom stereocenters. The van der Waals surface area contributed by atoms with Gasteiger partial charge in [-0.1, -0.05) is 32.1 Å². The van der Waals surface area contributed by atoms with Crippen molar-refractivity contribution in [3.63, 3.8) is 0 Å². The van der Waals surface area contributed by atoms with Crippen molar-refractivity contribution in [3.8, 4) is 0 Å². The number of amides is 1. The summed E-state index contributed by atoms with van der Waals surface area (Å²) in [6.07, 6.45) is 8.82. The smallest absolute Gasteiger partial charge is 0.310 e. The highest BCUT2D eigenvalue weighted by molar-refractivity contribution is 5.86. The molecule has 0 aromatic carbocycles. The molecule has 0 N–H and O–H groups in total. The van der Waals surface area contributed by atoms with Crippen molar-refractivity contribution in [2.75, 3.05) is 13.7 Å². The number of carbonyl (C=O) groups excluding carboxylic acids is 2. The lowest BCUT2D eigenvalue weighted by molar-refractivity contribution is -0.145. The largest absolute Gasteiger partial charge is 0.469 e. The summed E-state index contributed by atoms with van der Waals surface area (Å²) in [7, 11) is 1.39. The van der Waals surface area contributed by atoms with Gasteiger partial charge in [0.2, 0.25) is 5.91 Å². The van der Waals surface area contributed by atoms with Gasteiger partial charge in [-0.3, -0.25) is 9.59 Å². The fraction of sp³-hybridized carbons (Fsp3) is 0.857. The molecule has 0 spiro atoms. The van der Waals surface area contributed by atoms with Crippen molar-refractivity contribution >= 4 is 11.9 Å². The molecule has 18 heavy (non-hydrogen) atoms. The molecule has 2 fully saturated rings. The molecular weight excluding hydrogens is 230 g/mol. The van der Waals surface area contributed by atoms with E-state index < -0.39 is 0 Å². The number of nitrogens with zero attached hydrogens (tertiary/aromatic N) is 1. The van der Waals surface area contributed by atoms with E-state index in [2.05, 4.69) is 0 Å². The number of methoxy groups -OCH3 is 1. The van der Waals surface area contributed by atoms with Gasteiger partial charge in [0.1, 0.15) is 0 Å². The van der Waals surface area contributed by atoms with Crippen LogP contribution in [0, 0.1) is 5.92 Å². The molecule has 4 nitrogen and oxygen atoms in total. The quantitative estimate of drug-likeness (QED) is 0.708. The third kappa shape index (κ3) is 3.03. The molecule has 4 heteroatoms. The lowest BCUT2D eigenvalue weighted by Crippen LogP contribution is -2.37. The van der Waals surface area contributed by atoms with Crippen molar-refractivity contribution in [1.82, 2.24) is 4.90 Å². The molecule has 1 atom stereocenters. The Hall–Kier alpha value is -1.06.